The van der Waals surface area contributed by atoms with E-state index in [2.05, 4.69) is 29.0 Å². The first-order valence-electron chi connectivity index (χ1n) is 6.23. The van der Waals surface area contributed by atoms with Crippen LogP contribution in [0.15, 0.2) is 0 Å². The van der Waals surface area contributed by atoms with E-state index in [9.17, 15) is 4.79 Å². The van der Waals surface area contributed by atoms with Gasteiger partial charge in [0.1, 0.15) is 0 Å². The summed E-state index contributed by atoms with van der Waals surface area (Å²) in [4.78, 5) is 15.9. The third-order valence-corrected chi connectivity index (χ3v) is 2.33. The van der Waals surface area contributed by atoms with Gasteiger partial charge in [-0.05, 0) is 40.0 Å². The second-order valence-electron chi connectivity index (χ2n) is 4.43. The highest BCUT2D eigenvalue weighted by Gasteiger charge is 2.08. The van der Waals surface area contributed by atoms with Gasteiger partial charge in [-0.1, -0.05) is 13.8 Å². The lowest BCUT2D eigenvalue weighted by atomic mass is 10.3. The summed E-state index contributed by atoms with van der Waals surface area (Å²) in [6, 6.07) is 0. The summed E-state index contributed by atoms with van der Waals surface area (Å²) in [7, 11) is 4.01. The summed E-state index contributed by atoms with van der Waals surface area (Å²) in [6.45, 7) is 8.48. The van der Waals surface area contributed by atoms with Crippen molar-refractivity contribution in [2.24, 2.45) is 0 Å². The van der Waals surface area contributed by atoms with E-state index in [0.717, 1.165) is 39.0 Å². The van der Waals surface area contributed by atoms with E-state index in [-0.39, 0.29) is 5.91 Å². The van der Waals surface area contributed by atoms with Crippen molar-refractivity contribution < 1.29 is 4.79 Å². The number of rotatable bonds is 9. The number of amides is 1. The Kier molecular flexibility index (Phi) is 9.24. The smallest absolute Gasteiger partial charge is 0.234 e. The van der Waals surface area contributed by atoms with Crippen LogP contribution in [0.3, 0.4) is 0 Å². The molecule has 0 aliphatic carbocycles. The number of likely N-dealkylation sites (N-methyl/N-ethyl adjacent to an activating group) is 1. The maximum atomic E-state index is 11.6. The van der Waals surface area contributed by atoms with Crippen molar-refractivity contribution >= 4 is 5.91 Å². The van der Waals surface area contributed by atoms with Crippen molar-refractivity contribution in [2.75, 3.05) is 46.8 Å². The van der Waals surface area contributed by atoms with Gasteiger partial charge in [-0.3, -0.25) is 9.69 Å². The molecular formula is C12H27N3O. The second kappa shape index (κ2) is 9.60. The monoisotopic (exact) mass is 229 g/mol. The van der Waals surface area contributed by atoms with Crippen molar-refractivity contribution in [1.82, 2.24) is 15.1 Å². The Morgan fingerprint density at radius 1 is 1.06 bits per heavy atom. The molecule has 0 aromatic heterocycles. The van der Waals surface area contributed by atoms with Crippen molar-refractivity contribution in [2.45, 2.75) is 26.7 Å². The van der Waals surface area contributed by atoms with Crippen molar-refractivity contribution in [3.63, 3.8) is 0 Å². The van der Waals surface area contributed by atoms with Crippen LogP contribution in [-0.4, -0.2) is 62.5 Å². The maximum Gasteiger partial charge on any atom is 0.234 e. The van der Waals surface area contributed by atoms with Crippen molar-refractivity contribution in [1.29, 1.82) is 0 Å². The molecule has 0 fully saturated rings. The van der Waals surface area contributed by atoms with Gasteiger partial charge < -0.3 is 10.2 Å². The third kappa shape index (κ3) is 8.68. The summed E-state index contributed by atoms with van der Waals surface area (Å²) in [5.74, 6) is 0.142. The van der Waals surface area contributed by atoms with Gasteiger partial charge in [0.05, 0.1) is 6.54 Å². The summed E-state index contributed by atoms with van der Waals surface area (Å²) in [5, 5.41) is 2.94. The Morgan fingerprint density at radius 3 is 2.06 bits per heavy atom. The zero-order chi connectivity index (χ0) is 12.4. The Balaban J connectivity index is 3.72. The fourth-order valence-corrected chi connectivity index (χ4v) is 1.58. The number of nitrogens with zero attached hydrogens (tertiary/aromatic N) is 2. The van der Waals surface area contributed by atoms with Crippen molar-refractivity contribution in [3.05, 3.63) is 0 Å². The van der Waals surface area contributed by atoms with Gasteiger partial charge in [0.25, 0.3) is 0 Å². The van der Waals surface area contributed by atoms with Gasteiger partial charge >= 0.3 is 0 Å². The Labute approximate surface area is 100.0 Å². The average molecular weight is 229 g/mol. The molecule has 0 aliphatic rings. The van der Waals surface area contributed by atoms with Crippen LogP contribution in [0.2, 0.25) is 0 Å². The third-order valence-electron chi connectivity index (χ3n) is 2.33. The first kappa shape index (κ1) is 15.4. The lowest BCUT2D eigenvalue weighted by Crippen LogP contribution is -2.40. The molecule has 0 rings (SSSR count). The Bertz CT molecular complexity index is 177. The molecule has 0 radical (unpaired) electrons. The fourth-order valence-electron chi connectivity index (χ4n) is 1.58. The topological polar surface area (TPSA) is 35.6 Å². The number of carbonyl (C=O) groups excluding carboxylic acids is 1. The van der Waals surface area contributed by atoms with Crippen LogP contribution in [0.1, 0.15) is 26.7 Å². The highest BCUT2D eigenvalue weighted by atomic mass is 16.2. The molecule has 0 saturated heterocycles. The molecule has 0 saturated carbocycles. The first-order valence-corrected chi connectivity index (χ1v) is 6.23. The number of hydrogen-bond donors (Lipinski definition) is 1. The van der Waals surface area contributed by atoms with Crippen LogP contribution in [0.5, 0.6) is 0 Å². The molecule has 96 valence electrons. The van der Waals surface area contributed by atoms with Crippen LogP contribution < -0.4 is 5.32 Å². The highest BCUT2D eigenvalue weighted by Crippen LogP contribution is 1.93. The highest BCUT2D eigenvalue weighted by molar-refractivity contribution is 5.77. The fraction of sp³-hybridized carbons (Fsp3) is 0.917. The van der Waals surface area contributed by atoms with Gasteiger partial charge in [0.15, 0.2) is 0 Å². The molecule has 0 atom stereocenters. The molecule has 0 aliphatic heterocycles. The molecule has 1 N–H and O–H groups in total. The molecule has 0 unspecified atom stereocenters. The molecule has 4 nitrogen and oxygen atoms in total. The Morgan fingerprint density at radius 2 is 1.62 bits per heavy atom. The summed E-state index contributed by atoms with van der Waals surface area (Å²) in [6.07, 6.45) is 2.20. The maximum absolute atomic E-state index is 11.6. The molecule has 0 aromatic rings. The van der Waals surface area contributed by atoms with Gasteiger partial charge in [-0.25, -0.2) is 0 Å². The minimum Gasteiger partial charge on any atom is -0.354 e. The predicted octanol–water partition coefficient (Wildman–Crippen LogP) is 0.786. The van der Waals surface area contributed by atoms with Crippen LogP contribution in [0.4, 0.5) is 0 Å². The first-order chi connectivity index (χ1) is 7.60. The van der Waals surface area contributed by atoms with E-state index >= 15 is 0 Å². The molecule has 0 aromatic carbocycles. The molecule has 4 heteroatoms. The quantitative estimate of drug-likeness (QED) is 0.635. The molecule has 0 heterocycles. The van der Waals surface area contributed by atoms with E-state index in [4.69, 9.17) is 0 Å². The zero-order valence-electron chi connectivity index (χ0n) is 11.3. The summed E-state index contributed by atoms with van der Waals surface area (Å²) < 4.78 is 0. The molecule has 0 bridgehead atoms. The van der Waals surface area contributed by atoms with E-state index in [1.54, 1.807) is 0 Å². The zero-order valence-corrected chi connectivity index (χ0v) is 11.3. The van der Waals surface area contributed by atoms with Crippen molar-refractivity contribution in [3.8, 4) is 0 Å². The van der Waals surface area contributed by atoms with Crippen LogP contribution >= 0.6 is 0 Å². The van der Waals surface area contributed by atoms with E-state index < -0.39 is 0 Å². The lowest BCUT2D eigenvalue weighted by Gasteiger charge is -2.20. The normalized spacial score (nSPS) is 11.1. The largest absolute Gasteiger partial charge is 0.354 e. The van der Waals surface area contributed by atoms with E-state index in [1.165, 1.54) is 0 Å². The predicted molar refractivity (Wildman–Crippen MR) is 68.6 cm³/mol. The van der Waals surface area contributed by atoms with Gasteiger partial charge in [0.2, 0.25) is 5.91 Å². The van der Waals surface area contributed by atoms with Crippen LogP contribution in [-0.2, 0) is 4.79 Å². The lowest BCUT2D eigenvalue weighted by molar-refractivity contribution is -0.122. The van der Waals surface area contributed by atoms with Crippen LogP contribution in [0, 0.1) is 0 Å². The minimum absolute atomic E-state index is 0.142. The van der Waals surface area contributed by atoms with E-state index in [0.29, 0.717) is 6.54 Å². The standard InChI is InChI=1S/C12H27N3O/c1-5-8-15(9-6-2)11-12(16)13-7-10-14(3)4/h5-11H2,1-4H3,(H,13,16). The second-order valence-corrected chi connectivity index (χ2v) is 4.43. The number of hydrogen-bond acceptors (Lipinski definition) is 3. The number of carbonyl (C=O) groups is 1. The van der Waals surface area contributed by atoms with Gasteiger partial charge in [-0.15, -0.1) is 0 Å². The summed E-state index contributed by atoms with van der Waals surface area (Å²) >= 11 is 0. The molecule has 1 amide bonds. The summed E-state index contributed by atoms with van der Waals surface area (Å²) in [5.41, 5.74) is 0. The molecular weight excluding hydrogens is 202 g/mol. The number of nitrogens with one attached hydrogen (secondary N) is 1. The molecule has 16 heavy (non-hydrogen) atoms. The SMILES string of the molecule is CCCN(CCC)CC(=O)NCCN(C)C. The molecule has 0 spiro atoms. The minimum atomic E-state index is 0.142. The van der Waals surface area contributed by atoms with E-state index in [1.807, 2.05) is 14.1 Å². The van der Waals surface area contributed by atoms with Crippen LogP contribution in [0.25, 0.3) is 0 Å². The Hall–Kier alpha value is -0.610. The van der Waals surface area contributed by atoms with Gasteiger partial charge in [-0.2, -0.15) is 0 Å². The average Bonchev–Trinajstić information content (AvgIpc) is 2.17. The van der Waals surface area contributed by atoms with Gasteiger partial charge in [0, 0.05) is 13.1 Å².